The molecule has 1 fully saturated rings. The van der Waals surface area contributed by atoms with Crippen LogP contribution in [0.4, 0.5) is 0 Å². The number of rotatable bonds is 5. The number of nitrogens with one attached hydrogen (secondary N) is 1. The molecule has 0 bridgehead atoms. The van der Waals surface area contributed by atoms with Gasteiger partial charge in [0.1, 0.15) is 5.92 Å². The Morgan fingerprint density at radius 2 is 2.20 bits per heavy atom. The van der Waals surface area contributed by atoms with E-state index in [-0.39, 0.29) is 11.9 Å². The summed E-state index contributed by atoms with van der Waals surface area (Å²) in [7, 11) is 0. The molecule has 1 aliphatic heterocycles. The molecule has 3 rings (SSSR count). The van der Waals surface area contributed by atoms with E-state index in [1.54, 1.807) is 4.68 Å². The average molecular weight is 362 g/mol. The Kier molecular flexibility index (Phi) is 5.65. The molecular formula is C18H24N3O3S+. The molecule has 1 aromatic carbocycles. The Morgan fingerprint density at radius 3 is 2.92 bits per heavy atom. The van der Waals surface area contributed by atoms with Crippen LogP contribution in [0.25, 0.3) is 11.5 Å². The zero-order valence-corrected chi connectivity index (χ0v) is 15.5. The standard InChI is InChI=1S/C18H23N3O3S/c1-3-23-17(22)15-5-4-10-20(11-15)12-21-18(25)24-16(19-21)14-8-6-13(2)7-9-14/h6-9,15H,3-5,10-12H2,1-2H3/p+1/t15-/m0/s1. The average Bonchev–Trinajstić information content (AvgIpc) is 2.97. The van der Waals surface area contributed by atoms with Gasteiger partial charge in [-0.05, 0) is 51.0 Å². The molecule has 1 saturated heterocycles. The number of hydrogen-bond acceptors (Lipinski definition) is 5. The van der Waals surface area contributed by atoms with E-state index in [9.17, 15) is 4.79 Å². The van der Waals surface area contributed by atoms with Crippen molar-refractivity contribution in [2.45, 2.75) is 33.4 Å². The second kappa shape index (κ2) is 7.93. The third-order valence-electron chi connectivity index (χ3n) is 4.52. The first-order valence-corrected chi connectivity index (χ1v) is 9.13. The largest absolute Gasteiger partial charge is 0.466 e. The molecule has 2 aromatic rings. The molecule has 25 heavy (non-hydrogen) atoms. The minimum atomic E-state index is -0.0937. The highest BCUT2D eigenvalue weighted by atomic mass is 32.1. The van der Waals surface area contributed by atoms with Gasteiger partial charge in [-0.15, -0.1) is 5.10 Å². The van der Waals surface area contributed by atoms with E-state index in [0.29, 0.717) is 24.0 Å². The van der Waals surface area contributed by atoms with Gasteiger partial charge in [-0.2, -0.15) is 4.68 Å². The van der Waals surface area contributed by atoms with Crippen LogP contribution >= 0.6 is 12.2 Å². The van der Waals surface area contributed by atoms with E-state index in [1.807, 2.05) is 38.1 Å². The minimum absolute atomic E-state index is 0.0404. The van der Waals surface area contributed by atoms with Gasteiger partial charge in [0.15, 0.2) is 6.67 Å². The number of quaternary nitrogens is 1. The normalized spacial score (nSPS) is 20.4. The number of aryl methyl sites for hydroxylation is 1. The van der Waals surface area contributed by atoms with E-state index < -0.39 is 0 Å². The number of aromatic nitrogens is 2. The highest BCUT2D eigenvalue weighted by Crippen LogP contribution is 2.18. The fourth-order valence-corrected chi connectivity index (χ4v) is 3.37. The summed E-state index contributed by atoms with van der Waals surface area (Å²) in [5.41, 5.74) is 2.10. The number of ether oxygens (including phenoxy) is 1. The van der Waals surface area contributed by atoms with Crippen molar-refractivity contribution in [3.05, 3.63) is 34.7 Å². The summed E-state index contributed by atoms with van der Waals surface area (Å²) in [5.74, 6) is 0.397. The molecule has 1 aromatic heterocycles. The van der Waals surface area contributed by atoms with Gasteiger partial charge in [0.05, 0.1) is 19.7 Å². The van der Waals surface area contributed by atoms with Crippen LogP contribution < -0.4 is 4.90 Å². The number of esters is 1. The van der Waals surface area contributed by atoms with Crippen molar-refractivity contribution < 1.29 is 18.8 Å². The van der Waals surface area contributed by atoms with Crippen LogP contribution in [0.3, 0.4) is 0 Å². The molecular weight excluding hydrogens is 338 g/mol. The molecule has 0 aliphatic carbocycles. The molecule has 0 amide bonds. The summed E-state index contributed by atoms with van der Waals surface area (Å²) in [4.78, 5) is 13.6. The zero-order valence-electron chi connectivity index (χ0n) is 14.7. The van der Waals surface area contributed by atoms with Gasteiger partial charge in [0, 0.05) is 5.56 Å². The van der Waals surface area contributed by atoms with Crippen LogP contribution in [0.5, 0.6) is 0 Å². The number of nitrogens with zero attached hydrogens (tertiary/aromatic N) is 2. The highest BCUT2D eigenvalue weighted by Gasteiger charge is 2.30. The predicted octanol–water partition coefficient (Wildman–Crippen LogP) is 2.00. The first-order valence-electron chi connectivity index (χ1n) is 8.72. The molecule has 1 N–H and O–H groups in total. The molecule has 2 heterocycles. The lowest BCUT2D eigenvalue weighted by Gasteiger charge is -2.28. The monoisotopic (exact) mass is 362 g/mol. The van der Waals surface area contributed by atoms with Crippen molar-refractivity contribution in [3.63, 3.8) is 0 Å². The lowest BCUT2D eigenvalue weighted by Crippen LogP contribution is -3.13. The molecule has 134 valence electrons. The van der Waals surface area contributed by atoms with Crippen LogP contribution in [0.15, 0.2) is 28.7 Å². The van der Waals surface area contributed by atoms with E-state index in [1.165, 1.54) is 10.5 Å². The highest BCUT2D eigenvalue weighted by molar-refractivity contribution is 7.71. The summed E-state index contributed by atoms with van der Waals surface area (Å²) in [6.07, 6.45) is 1.88. The molecule has 6 nitrogen and oxygen atoms in total. The second-order valence-corrected chi connectivity index (χ2v) is 6.84. The zero-order chi connectivity index (χ0) is 17.8. The summed E-state index contributed by atoms with van der Waals surface area (Å²) < 4.78 is 12.5. The first-order chi connectivity index (χ1) is 12.1. The number of benzene rings is 1. The first kappa shape index (κ1) is 17.8. The quantitative estimate of drug-likeness (QED) is 0.651. The number of hydrogen-bond donors (Lipinski definition) is 1. The third kappa shape index (κ3) is 4.35. The predicted molar refractivity (Wildman–Crippen MR) is 95.6 cm³/mol. The maximum atomic E-state index is 12.0. The molecule has 0 radical (unpaired) electrons. The smallest absolute Gasteiger partial charge is 0.314 e. The van der Waals surface area contributed by atoms with Gasteiger partial charge in [-0.25, -0.2) is 0 Å². The van der Waals surface area contributed by atoms with E-state index >= 15 is 0 Å². The molecule has 0 spiro atoms. The van der Waals surface area contributed by atoms with Crippen LogP contribution in [0.2, 0.25) is 0 Å². The summed E-state index contributed by atoms with van der Waals surface area (Å²) in [6, 6.07) is 8.00. The number of carbonyl (C=O) groups is 1. The molecule has 1 unspecified atom stereocenters. The van der Waals surface area contributed by atoms with Crippen LogP contribution in [0, 0.1) is 17.7 Å². The molecule has 1 aliphatic rings. The summed E-state index contributed by atoms with van der Waals surface area (Å²) in [5, 5.41) is 4.52. The Balaban J connectivity index is 1.69. The summed E-state index contributed by atoms with van der Waals surface area (Å²) >= 11 is 5.32. The SMILES string of the molecule is CCOC(=O)[C@H]1CCC[NH+](Cn2nc(-c3ccc(C)cc3)oc2=S)C1. The fourth-order valence-electron chi connectivity index (χ4n) is 3.19. The van der Waals surface area contributed by atoms with Gasteiger partial charge in [0.2, 0.25) is 5.89 Å². The van der Waals surface area contributed by atoms with Crippen LogP contribution in [0.1, 0.15) is 25.3 Å². The van der Waals surface area contributed by atoms with Crippen molar-refractivity contribution in [3.8, 4) is 11.5 Å². The Labute approximate surface area is 152 Å². The Morgan fingerprint density at radius 1 is 1.44 bits per heavy atom. The lowest BCUT2D eigenvalue weighted by molar-refractivity contribution is -0.930. The van der Waals surface area contributed by atoms with E-state index in [2.05, 4.69) is 5.10 Å². The van der Waals surface area contributed by atoms with Gasteiger partial charge in [-0.1, -0.05) is 17.7 Å². The van der Waals surface area contributed by atoms with Crippen LogP contribution in [-0.4, -0.2) is 35.4 Å². The van der Waals surface area contributed by atoms with Crippen molar-refractivity contribution >= 4 is 18.2 Å². The minimum Gasteiger partial charge on any atom is -0.466 e. The molecule has 0 saturated carbocycles. The van der Waals surface area contributed by atoms with Gasteiger partial charge >= 0.3 is 5.97 Å². The van der Waals surface area contributed by atoms with Gasteiger partial charge in [0.25, 0.3) is 4.84 Å². The second-order valence-electron chi connectivity index (χ2n) is 6.49. The molecule has 2 atom stereocenters. The lowest BCUT2D eigenvalue weighted by atomic mass is 9.99. The van der Waals surface area contributed by atoms with Crippen LogP contribution in [-0.2, 0) is 16.2 Å². The fraction of sp³-hybridized carbons (Fsp3) is 0.500. The molecule has 7 heteroatoms. The number of carbonyl (C=O) groups excluding carboxylic acids is 1. The maximum absolute atomic E-state index is 12.0. The Bertz CT molecular complexity index is 782. The maximum Gasteiger partial charge on any atom is 0.314 e. The van der Waals surface area contributed by atoms with E-state index in [4.69, 9.17) is 21.4 Å². The Hall–Kier alpha value is -1.99. The van der Waals surface area contributed by atoms with Crippen molar-refractivity contribution in [2.75, 3.05) is 19.7 Å². The van der Waals surface area contributed by atoms with Gasteiger partial charge in [-0.3, -0.25) is 4.79 Å². The van der Waals surface area contributed by atoms with Gasteiger partial charge < -0.3 is 14.1 Å². The van der Waals surface area contributed by atoms with Crippen molar-refractivity contribution in [1.29, 1.82) is 0 Å². The topological polar surface area (TPSA) is 61.7 Å². The van der Waals surface area contributed by atoms with E-state index in [0.717, 1.165) is 31.5 Å². The third-order valence-corrected chi connectivity index (χ3v) is 4.81. The number of likely N-dealkylation sites (tertiary alicyclic amines) is 1. The number of piperidine rings is 1. The van der Waals surface area contributed by atoms with Crippen molar-refractivity contribution in [2.24, 2.45) is 5.92 Å². The summed E-state index contributed by atoms with van der Waals surface area (Å²) in [6.45, 7) is 6.64. The van der Waals surface area contributed by atoms with Crippen molar-refractivity contribution in [1.82, 2.24) is 9.78 Å².